The van der Waals surface area contributed by atoms with E-state index in [0.717, 1.165) is 24.1 Å². The highest BCUT2D eigenvalue weighted by Gasteiger charge is 2.36. The van der Waals surface area contributed by atoms with E-state index in [9.17, 15) is 4.79 Å². The van der Waals surface area contributed by atoms with Crippen LogP contribution in [0.1, 0.15) is 136 Å². The summed E-state index contributed by atoms with van der Waals surface area (Å²) in [5.74, 6) is 0.0660. The predicted octanol–water partition coefficient (Wildman–Crippen LogP) is 7.96. The molecule has 0 aromatic rings. The van der Waals surface area contributed by atoms with Gasteiger partial charge in [0.15, 0.2) is 6.17 Å². The Morgan fingerprint density at radius 3 is 1.88 bits per heavy atom. The molecule has 198 valence electrons. The third kappa shape index (κ3) is 14.9. The number of hydrogen-bond acceptors (Lipinski definition) is 2. The first-order valence-electron chi connectivity index (χ1n) is 14.8. The molecule has 0 bridgehead atoms. The highest BCUT2D eigenvalue weighted by atomic mass is 16.1. The van der Waals surface area contributed by atoms with E-state index in [-0.39, 0.29) is 5.91 Å². The Morgan fingerprint density at radius 2 is 1.35 bits per heavy atom. The first-order valence-corrected chi connectivity index (χ1v) is 14.8. The zero-order valence-corrected chi connectivity index (χ0v) is 23.1. The quantitative estimate of drug-likeness (QED) is 0.0892. The summed E-state index contributed by atoms with van der Waals surface area (Å²) in [6.45, 7) is 8.93. The molecule has 1 aliphatic heterocycles. The van der Waals surface area contributed by atoms with Crippen LogP contribution in [0.5, 0.6) is 0 Å². The Bertz CT molecular complexity index is 545. The van der Waals surface area contributed by atoms with Crippen molar-refractivity contribution in [3.63, 3.8) is 0 Å². The van der Waals surface area contributed by atoms with E-state index in [1.165, 1.54) is 116 Å². The molecule has 0 spiro atoms. The average Bonchev–Trinajstić information content (AvgIpc) is 3.23. The molecule has 1 aliphatic rings. The molecule has 1 heterocycles. The minimum atomic E-state index is 0.0660. The van der Waals surface area contributed by atoms with E-state index in [4.69, 9.17) is 0 Å². The van der Waals surface area contributed by atoms with E-state index in [1.807, 2.05) is 0 Å². The molecule has 0 aromatic heterocycles. The van der Waals surface area contributed by atoms with E-state index in [2.05, 4.69) is 49.0 Å². The summed E-state index contributed by atoms with van der Waals surface area (Å²) < 4.78 is 0.950. The molecule has 34 heavy (non-hydrogen) atoms. The molecule has 1 rings (SSSR count). The van der Waals surface area contributed by atoms with Crippen LogP contribution < -0.4 is 10.6 Å². The Kier molecular flexibility index (Phi) is 19.0. The zero-order valence-electron chi connectivity index (χ0n) is 23.1. The van der Waals surface area contributed by atoms with Crippen LogP contribution in [0.4, 0.5) is 0 Å². The number of hydrogen-bond donors (Lipinski definition) is 2. The van der Waals surface area contributed by atoms with Crippen LogP contribution >= 0.6 is 0 Å². The highest BCUT2D eigenvalue weighted by molar-refractivity contribution is 5.72. The summed E-state index contributed by atoms with van der Waals surface area (Å²) in [6.07, 6.45) is 34.3. The lowest BCUT2D eigenvalue weighted by molar-refractivity contribution is -0.898. The number of unbranched alkanes of at least 4 members (excludes halogenated alkanes) is 15. The fraction of sp³-hybridized carbons (Fsp3) is 0.833. The molecular weight excluding hydrogens is 418 g/mol. The van der Waals surface area contributed by atoms with Gasteiger partial charge in [0.1, 0.15) is 12.7 Å². The molecule has 0 saturated carbocycles. The SMILES string of the molecule is CCCCCCCCCCC/C=C/CCCCCCCCC1NC=C[N+]1(CC)CCNC(C)=O. The number of carbonyl (C=O) groups is 1. The second-order valence-corrected chi connectivity index (χ2v) is 10.4. The molecule has 2 unspecified atom stereocenters. The van der Waals surface area contributed by atoms with Gasteiger partial charge in [-0.2, -0.15) is 0 Å². The van der Waals surface area contributed by atoms with Crippen molar-refractivity contribution in [3.8, 4) is 0 Å². The number of likely N-dealkylation sites (N-methyl/N-ethyl adjacent to an activating group) is 1. The van der Waals surface area contributed by atoms with E-state index < -0.39 is 0 Å². The lowest BCUT2D eigenvalue weighted by Gasteiger charge is -2.37. The number of allylic oxidation sites excluding steroid dienone is 2. The first kappa shape index (κ1) is 30.7. The Balaban J connectivity index is 1.92. The van der Waals surface area contributed by atoms with Crippen LogP contribution in [-0.4, -0.2) is 36.2 Å². The summed E-state index contributed by atoms with van der Waals surface area (Å²) >= 11 is 0. The molecule has 0 saturated heterocycles. The van der Waals surface area contributed by atoms with Gasteiger partial charge < -0.3 is 10.6 Å². The van der Waals surface area contributed by atoms with Gasteiger partial charge in [-0.3, -0.25) is 9.28 Å². The normalized spacial score (nSPS) is 19.7. The van der Waals surface area contributed by atoms with Crippen LogP contribution in [0, 0.1) is 0 Å². The number of carbonyl (C=O) groups excluding carboxylic acids is 1. The maximum atomic E-state index is 11.2. The van der Waals surface area contributed by atoms with E-state index >= 15 is 0 Å². The monoisotopic (exact) mass is 476 g/mol. The van der Waals surface area contributed by atoms with Gasteiger partial charge in [-0.25, -0.2) is 0 Å². The second-order valence-electron chi connectivity index (χ2n) is 10.4. The standard InChI is InChI=1S/C30H57N3O/c1-4-6-7-8-9-10-11-12-13-14-15-16-17-18-19-20-21-22-23-24-30-32-26-28-33(30,5-2)27-25-31-29(3)34/h15-16,26,28,30,32H,4-14,17-25,27H2,1-3H3/p+1/b16-15+. The third-order valence-electron chi connectivity index (χ3n) is 7.51. The maximum absolute atomic E-state index is 11.2. The minimum absolute atomic E-state index is 0.0660. The largest absolute Gasteiger partial charge is 0.351 e. The average molecular weight is 477 g/mol. The van der Waals surface area contributed by atoms with Crippen molar-refractivity contribution < 1.29 is 9.28 Å². The topological polar surface area (TPSA) is 41.1 Å². The number of nitrogens with one attached hydrogen (secondary N) is 2. The van der Waals surface area contributed by atoms with Crippen molar-refractivity contribution in [1.29, 1.82) is 0 Å². The van der Waals surface area contributed by atoms with Gasteiger partial charge in [-0.15, -0.1) is 0 Å². The van der Waals surface area contributed by atoms with Crippen molar-refractivity contribution in [3.05, 3.63) is 24.6 Å². The molecule has 4 heteroatoms. The van der Waals surface area contributed by atoms with Gasteiger partial charge >= 0.3 is 0 Å². The summed E-state index contributed by atoms with van der Waals surface area (Å²) in [6, 6.07) is 0. The van der Waals surface area contributed by atoms with E-state index in [0.29, 0.717) is 6.17 Å². The predicted molar refractivity (Wildman–Crippen MR) is 148 cm³/mol. The van der Waals surface area contributed by atoms with Gasteiger partial charge in [0, 0.05) is 13.3 Å². The summed E-state index contributed by atoms with van der Waals surface area (Å²) in [7, 11) is 0. The molecule has 4 nitrogen and oxygen atoms in total. The third-order valence-corrected chi connectivity index (χ3v) is 7.51. The first-order chi connectivity index (χ1) is 16.6. The number of amides is 1. The Hall–Kier alpha value is -1.29. The van der Waals surface area contributed by atoms with Crippen molar-refractivity contribution >= 4 is 5.91 Å². The molecule has 0 aliphatic carbocycles. The fourth-order valence-corrected chi connectivity index (χ4v) is 5.17. The molecule has 0 fully saturated rings. The maximum Gasteiger partial charge on any atom is 0.217 e. The lowest BCUT2D eigenvalue weighted by Crippen LogP contribution is -2.55. The molecule has 1 amide bonds. The van der Waals surface area contributed by atoms with Crippen molar-refractivity contribution in [2.75, 3.05) is 19.6 Å². The molecule has 0 radical (unpaired) electrons. The zero-order chi connectivity index (χ0) is 24.7. The summed E-state index contributed by atoms with van der Waals surface area (Å²) in [4.78, 5) is 11.2. The Morgan fingerprint density at radius 1 is 0.824 bits per heavy atom. The van der Waals surface area contributed by atoms with Gasteiger partial charge in [-0.05, 0) is 39.0 Å². The van der Waals surface area contributed by atoms with Crippen LogP contribution in [0.2, 0.25) is 0 Å². The van der Waals surface area contributed by atoms with E-state index in [1.54, 1.807) is 6.92 Å². The highest BCUT2D eigenvalue weighted by Crippen LogP contribution is 2.23. The number of nitrogens with zero attached hydrogens (tertiary/aromatic N) is 1. The summed E-state index contributed by atoms with van der Waals surface area (Å²) in [5, 5.41) is 6.53. The van der Waals surface area contributed by atoms with Gasteiger partial charge in [0.25, 0.3) is 0 Å². The van der Waals surface area contributed by atoms with Gasteiger partial charge in [0.05, 0.1) is 19.3 Å². The number of rotatable bonds is 23. The van der Waals surface area contributed by atoms with Crippen LogP contribution in [0.3, 0.4) is 0 Å². The molecular formula is C30H58N3O+. The van der Waals surface area contributed by atoms with Gasteiger partial charge in [0.2, 0.25) is 5.91 Å². The van der Waals surface area contributed by atoms with Crippen LogP contribution in [0.15, 0.2) is 24.6 Å². The second kappa shape index (κ2) is 21.0. The Labute approximate surface area is 212 Å². The lowest BCUT2D eigenvalue weighted by atomic mass is 10.1. The van der Waals surface area contributed by atoms with Crippen LogP contribution in [-0.2, 0) is 4.79 Å². The molecule has 2 atom stereocenters. The van der Waals surface area contributed by atoms with Gasteiger partial charge in [-0.1, -0.05) is 96.1 Å². The summed E-state index contributed by atoms with van der Waals surface area (Å²) in [5.41, 5.74) is 0. The van der Waals surface area contributed by atoms with Crippen molar-refractivity contribution in [1.82, 2.24) is 10.6 Å². The number of quaternary nitrogens is 1. The molecule has 2 N–H and O–H groups in total. The van der Waals surface area contributed by atoms with Crippen molar-refractivity contribution in [2.45, 2.75) is 143 Å². The smallest absolute Gasteiger partial charge is 0.217 e. The fourth-order valence-electron chi connectivity index (χ4n) is 5.17. The van der Waals surface area contributed by atoms with Crippen molar-refractivity contribution in [2.24, 2.45) is 0 Å². The van der Waals surface area contributed by atoms with Crippen LogP contribution in [0.25, 0.3) is 0 Å². The molecule has 0 aromatic carbocycles. The minimum Gasteiger partial charge on any atom is -0.351 e.